The number of hydrogen-bond acceptors (Lipinski definition) is 5. The summed E-state index contributed by atoms with van der Waals surface area (Å²) in [5.74, 6) is 0.960. The molecule has 2 aromatic heterocycles. The molecule has 0 atom stereocenters. The first kappa shape index (κ1) is 19.6. The van der Waals surface area contributed by atoms with Crippen LogP contribution in [0, 0.1) is 0 Å². The summed E-state index contributed by atoms with van der Waals surface area (Å²) in [5.41, 5.74) is 1.55. The quantitative estimate of drug-likeness (QED) is 0.546. The molecular weight excluding hydrogens is 380 g/mol. The van der Waals surface area contributed by atoms with Crippen LogP contribution >= 0.6 is 0 Å². The Morgan fingerprint density at radius 1 is 1.03 bits per heavy atom. The highest BCUT2D eigenvalue weighted by Gasteiger charge is 2.19. The Hall–Kier alpha value is -3.68. The summed E-state index contributed by atoms with van der Waals surface area (Å²) < 4.78 is 3.35. The van der Waals surface area contributed by atoms with Gasteiger partial charge in [0.25, 0.3) is 11.5 Å². The van der Waals surface area contributed by atoms with Crippen molar-refractivity contribution >= 4 is 28.3 Å². The molecule has 0 unspecified atom stereocenters. The van der Waals surface area contributed by atoms with E-state index in [9.17, 15) is 9.59 Å². The number of hydrogen-bond donors (Lipinski definition) is 2. The van der Waals surface area contributed by atoms with Gasteiger partial charge in [-0.3, -0.25) is 18.6 Å². The SMILES string of the molecule is Cn1c(=O)c2ccccc2n2c(CNc3ccccc3C(=O)NC(C)(C)C)nnc12. The van der Waals surface area contributed by atoms with Crippen molar-refractivity contribution in [1.82, 2.24) is 24.5 Å². The van der Waals surface area contributed by atoms with E-state index in [1.165, 1.54) is 4.57 Å². The first-order valence-electron chi connectivity index (χ1n) is 9.73. The Labute approximate surface area is 173 Å². The Morgan fingerprint density at radius 2 is 1.73 bits per heavy atom. The molecule has 154 valence electrons. The molecule has 4 rings (SSSR count). The molecule has 30 heavy (non-hydrogen) atoms. The number of rotatable bonds is 4. The van der Waals surface area contributed by atoms with Gasteiger partial charge in [-0.1, -0.05) is 24.3 Å². The number of carbonyl (C=O) groups is 1. The molecule has 0 spiro atoms. The maximum Gasteiger partial charge on any atom is 0.262 e. The van der Waals surface area contributed by atoms with Gasteiger partial charge >= 0.3 is 0 Å². The van der Waals surface area contributed by atoms with Crippen LogP contribution in [0.2, 0.25) is 0 Å². The number of nitrogens with one attached hydrogen (secondary N) is 2. The van der Waals surface area contributed by atoms with E-state index >= 15 is 0 Å². The number of nitrogens with zero attached hydrogens (tertiary/aromatic N) is 4. The lowest BCUT2D eigenvalue weighted by Crippen LogP contribution is -2.40. The van der Waals surface area contributed by atoms with Crippen LogP contribution in [0.1, 0.15) is 37.0 Å². The lowest BCUT2D eigenvalue weighted by molar-refractivity contribution is 0.0920. The zero-order valence-electron chi connectivity index (χ0n) is 17.4. The number of benzene rings is 2. The molecule has 8 heteroatoms. The molecule has 0 saturated heterocycles. The van der Waals surface area contributed by atoms with E-state index < -0.39 is 0 Å². The summed E-state index contributed by atoms with van der Waals surface area (Å²) in [6.07, 6.45) is 0. The molecule has 0 saturated carbocycles. The van der Waals surface area contributed by atoms with E-state index in [2.05, 4.69) is 20.8 Å². The van der Waals surface area contributed by atoms with Crippen LogP contribution in [-0.2, 0) is 13.6 Å². The maximum absolute atomic E-state index is 12.7. The van der Waals surface area contributed by atoms with Crippen LogP contribution in [0.4, 0.5) is 5.69 Å². The van der Waals surface area contributed by atoms with Gasteiger partial charge in [0.1, 0.15) is 0 Å². The summed E-state index contributed by atoms with van der Waals surface area (Å²) in [4.78, 5) is 25.3. The smallest absolute Gasteiger partial charge is 0.262 e. The van der Waals surface area contributed by atoms with Crippen molar-refractivity contribution in [2.45, 2.75) is 32.9 Å². The molecular formula is C22H24N6O2. The number of para-hydroxylation sites is 2. The third-order valence-electron chi connectivity index (χ3n) is 4.79. The third-order valence-corrected chi connectivity index (χ3v) is 4.79. The molecule has 4 aromatic rings. The first-order valence-corrected chi connectivity index (χ1v) is 9.73. The van der Waals surface area contributed by atoms with E-state index in [1.807, 2.05) is 61.6 Å². The van der Waals surface area contributed by atoms with Crippen molar-refractivity contribution in [2.24, 2.45) is 7.05 Å². The Kier molecular flexibility index (Phi) is 4.77. The van der Waals surface area contributed by atoms with E-state index in [4.69, 9.17) is 0 Å². The minimum Gasteiger partial charge on any atom is -0.377 e. The van der Waals surface area contributed by atoms with Crippen molar-refractivity contribution < 1.29 is 4.79 Å². The van der Waals surface area contributed by atoms with Gasteiger partial charge in [-0.15, -0.1) is 10.2 Å². The molecule has 2 heterocycles. The number of aryl methyl sites for hydroxylation is 1. The van der Waals surface area contributed by atoms with Crippen molar-refractivity contribution in [3.63, 3.8) is 0 Å². The van der Waals surface area contributed by atoms with E-state index in [1.54, 1.807) is 19.2 Å². The van der Waals surface area contributed by atoms with E-state index in [0.29, 0.717) is 34.8 Å². The molecule has 2 aromatic carbocycles. The summed E-state index contributed by atoms with van der Waals surface area (Å²) in [5, 5.41) is 15.4. The summed E-state index contributed by atoms with van der Waals surface area (Å²) in [7, 11) is 1.68. The molecule has 0 aliphatic rings. The highest BCUT2D eigenvalue weighted by atomic mass is 16.2. The van der Waals surface area contributed by atoms with Crippen LogP contribution in [-0.4, -0.2) is 30.6 Å². The molecule has 1 amide bonds. The van der Waals surface area contributed by atoms with Crippen LogP contribution in [0.25, 0.3) is 16.7 Å². The normalized spacial score (nSPS) is 11.7. The van der Waals surface area contributed by atoms with Crippen LogP contribution in [0.15, 0.2) is 53.3 Å². The number of anilines is 1. The topological polar surface area (TPSA) is 93.3 Å². The van der Waals surface area contributed by atoms with Crippen LogP contribution < -0.4 is 16.2 Å². The lowest BCUT2D eigenvalue weighted by atomic mass is 10.1. The average Bonchev–Trinajstić information content (AvgIpc) is 3.13. The van der Waals surface area contributed by atoms with Crippen LogP contribution in [0.3, 0.4) is 0 Å². The zero-order valence-corrected chi connectivity index (χ0v) is 17.4. The fourth-order valence-corrected chi connectivity index (χ4v) is 3.42. The van der Waals surface area contributed by atoms with Gasteiger partial charge in [-0.05, 0) is 45.0 Å². The molecule has 0 fully saturated rings. The van der Waals surface area contributed by atoms with Gasteiger partial charge in [0.05, 0.1) is 23.0 Å². The van der Waals surface area contributed by atoms with Gasteiger partial charge in [0, 0.05) is 18.3 Å². The van der Waals surface area contributed by atoms with Crippen molar-refractivity contribution in [3.8, 4) is 0 Å². The molecule has 2 N–H and O–H groups in total. The average molecular weight is 404 g/mol. The second kappa shape index (κ2) is 7.29. The molecule has 0 aliphatic carbocycles. The third kappa shape index (κ3) is 3.52. The number of aromatic nitrogens is 4. The first-order chi connectivity index (χ1) is 14.3. The minimum atomic E-state index is -0.336. The van der Waals surface area contributed by atoms with Crippen LogP contribution in [0.5, 0.6) is 0 Å². The fourth-order valence-electron chi connectivity index (χ4n) is 3.42. The van der Waals surface area contributed by atoms with Crippen molar-refractivity contribution in [2.75, 3.05) is 5.32 Å². The van der Waals surface area contributed by atoms with Crippen molar-refractivity contribution in [1.29, 1.82) is 0 Å². The van der Waals surface area contributed by atoms with Gasteiger partial charge in [-0.25, -0.2) is 0 Å². The standard InChI is InChI=1S/C22H24N6O2/c1-22(2,3)24-19(29)14-9-5-7-11-16(14)23-13-18-25-26-21-27(4)20(30)15-10-6-8-12-17(15)28(18)21/h5-12,23H,13H2,1-4H3,(H,24,29). The second-order valence-electron chi connectivity index (χ2n) is 8.24. The fraction of sp³-hybridized carbons (Fsp3) is 0.273. The molecule has 8 nitrogen and oxygen atoms in total. The zero-order chi connectivity index (χ0) is 21.5. The highest BCUT2D eigenvalue weighted by Crippen LogP contribution is 2.19. The largest absolute Gasteiger partial charge is 0.377 e. The summed E-state index contributed by atoms with van der Waals surface area (Å²) in [6, 6.07) is 14.7. The van der Waals surface area contributed by atoms with Gasteiger partial charge in [0.15, 0.2) is 5.82 Å². The highest BCUT2D eigenvalue weighted by molar-refractivity contribution is 6.00. The van der Waals surface area contributed by atoms with Gasteiger partial charge in [0.2, 0.25) is 5.78 Å². The molecule has 0 bridgehead atoms. The second-order valence-corrected chi connectivity index (χ2v) is 8.24. The maximum atomic E-state index is 12.7. The van der Waals surface area contributed by atoms with E-state index in [-0.39, 0.29) is 17.0 Å². The molecule has 0 radical (unpaired) electrons. The van der Waals surface area contributed by atoms with E-state index in [0.717, 1.165) is 5.52 Å². The lowest BCUT2D eigenvalue weighted by Gasteiger charge is -2.21. The monoisotopic (exact) mass is 404 g/mol. The number of carbonyl (C=O) groups excluding carboxylic acids is 1. The summed E-state index contributed by atoms with van der Waals surface area (Å²) >= 11 is 0. The van der Waals surface area contributed by atoms with Gasteiger partial charge < -0.3 is 10.6 Å². The number of fused-ring (bicyclic) bond motifs is 3. The predicted molar refractivity (Wildman–Crippen MR) is 117 cm³/mol. The Morgan fingerprint density at radius 3 is 2.50 bits per heavy atom. The minimum absolute atomic E-state index is 0.116. The van der Waals surface area contributed by atoms with Gasteiger partial charge in [-0.2, -0.15) is 0 Å². The molecule has 0 aliphatic heterocycles. The predicted octanol–water partition coefficient (Wildman–Crippen LogP) is 2.72. The Balaban J connectivity index is 1.71. The number of amides is 1. The Bertz CT molecular complexity index is 1310. The van der Waals surface area contributed by atoms with Crippen molar-refractivity contribution in [3.05, 3.63) is 70.3 Å². The summed E-state index contributed by atoms with van der Waals surface area (Å²) in [6.45, 7) is 6.17.